The van der Waals surface area contributed by atoms with Crippen molar-refractivity contribution >= 4 is 5.97 Å². The van der Waals surface area contributed by atoms with Crippen molar-refractivity contribution in [3.8, 4) is 0 Å². The van der Waals surface area contributed by atoms with Crippen LogP contribution < -0.4 is 0 Å². The van der Waals surface area contributed by atoms with Gasteiger partial charge in [-0.25, -0.2) is 0 Å². The number of hydrogen-bond donors (Lipinski definition) is 1. The molecule has 0 aromatic heterocycles. The first-order chi connectivity index (χ1) is 8.87. The van der Waals surface area contributed by atoms with E-state index in [9.17, 15) is 9.90 Å². The van der Waals surface area contributed by atoms with Crippen LogP contribution in [0.1, 0.15) is 59.8 Å². The molecule has 1 N–H and O–H groups in total. The van der Waals surface area contributed by atoms with Gasteiger partial charge in [-0.1, -0.05) is 37.6 Å². The second-order valence-electron chi connectivity index (χ2n) is 6.45. The van der Waals surface area contributed by atoms with Crippen molar-refractivity contribution < 1.29 is 9.90 Å². The maximum atomic E-state index is 11.7. The molecule has 0 bridgehead atoms. The summed E-state index contributed by atoms with van der Waals surface area (Å²) in [6, 6.07) is 0. The van der Waals surface area contributed by atoms with Crippen molar-refractivity contribution in [3.05, 3.63) is 23.8 Å². The normalized spacial score (nSPS) is 25.7. The van der Waals surface area contributed by atoms with Crippen molar-refractivity contribution in [3.63, 3.8) is 0 Å². The Balaban J connectivity index is 2.76. The van der Waals surface area contributed by atoms with E-state index in [1.807, 2.05) is 0 Å². The quantitative estimate of drug-likeness (QED) is 0.699. The van der Waals surface area contributed by atoms with Gasteiger partial charge in [0.1, 0.15) is 0 Å². The zero-order valence-corrected chi connectivity index (χ0v) is 12.8. The molecule has 1 aliphatic carbocycles. The lowest BCUT2D eigenvalue weighted by Crippen LogP contribution is -2.37. The number of aliphatic carboxylic acids is 1. The lowest BCUT2D eigenvalue weighted by molar-refractivity contribution is -0.148. The van der Waals surface area contributed by atoms with Gasteiger partial charge in [-0.2, -0.15) is 0 Å². The molecule has 0 heterocycles. The van der Waals surface area contributed by atoms with E-state index >= 15 is 0 Å². The molecule has 0 radical (unpaired) electrons. The van der Waals surface area contributed by atoms with Crippen LogP contribution in [0.15, 0.2) is 23.8 Å². The lowest BCUT2D eigenvalue weighted by atomic mass is 9.65. The summed E-state index contributed by atoms with van der Waals surface area (Å²) in [6.07, 6.45) is 11.6. The van der Waals surface area contributed by atoms with E-state index in [2.05, 4.69) is 45.9 Å². The minimum atomic E-state index is -0.640. The Morgan fingerprint density at radius 3 is 2.63 bits per heavy atom. The number of rotatable bonds is 6. The predicted molar refractivity (Wildman–Crippen MR) is 80.1 cm³/mol. The molecule has 1 unspecified atom stereocenters. The van der Waals surface area contributed by atoms with Crippen LogP contribution >= 0.6 is 0 Å². The Morgan fingerprint density at radius 1 is 1.47 bits per heavy atom. The molecule has 0 saturated heterocycles. The van der Waals surface area contributed by atoms with E-state index in [4.69, 9.17) is 0 Å². The molecule has 0 aromatic rings. The van der Waals surface area contributed by atoms with E-state index in [1.54, 1.807) is 0 Å². The monoisotopic (exact) mass is 264 g/mol. The Morgan fingerprint density at radius 2 is 2.16 bits per heavy atom. The number of carboxylic acids is 1. The molecule has 1 aliphatic rings. The second-order valence-corrected chi connectivity index (χ2v) is 6.45. The largest absolute Gasteiger partial charge is 0.481 e. The fraction of sp³-hybridized carbons (Fsp3) is 0.706. The minimum Gasteiger partial charge on any atom is -0.481 e. The first kappa shape index (κ1) is 16.0. The lowest BCUT2D eigenvalue weighted by Gasteiger charge is -2.38. The zero-order valence-electron chi connectivity index (χ0n) is 12.8. The van der Waals surface area contributed by atoms with E-state index in [1.165, 1.54) is 5.57 Å². The number of carboxylic acid groups (broad SMARTS) is 1. The highest BCUT2D eigenvalue weighted by molar-refractivity contribution is 5.72. The fourth-order valence-corrected chi connectivity index (χ4v) is 3.27. The summed E-state index contributed by atoms with van der Waals surface area (Å²) in [7, 11) is 0. The van der Waals surface area contributed by atoms with Crippen LogP contribution in [0.25, 0.3) is 0 Å². The average Bonchev–Trinajstić information content (AvgIpc) is 2.28. The van der Waals surface area contributed by atoms with Gasteiger partial charge in [0.25, 0.3) is 0 Å². The van der Waals surface area contributed by atoms with Gasteiger partial charge < -0.3 is 5.11 Å². The van der Waals surface area contributed by atoms with Crippen LogP contribution in [0.3, 0.4) is 0 Å². The van der Waals surface area contributed by atoms with Gasteiger partial charge in [-0.05, 0) is 57.3 Å². The summed E-state index contributed by atoms with van der Waals surface area (Å²) in [5, 5.41) is 9.62. The third-order valence-electron chi connectivity index (χ3n) is 4.30. The first-order valence-corrected chi connectivity index (χ1v) is 7.40. The molecule has 0 fully saturated rings. The molecule has 0 spiro atoms. The highest BCUT2D eigenvalue weighted by Crippen LogP contribution is 2.43. The van der Waals surface area contributed by atoms with Crippen LogP contribution in [0.2, 0.25) is 0 Å². The molecule has 2 heteroatoms. The van der Waals surface area contributed by atoms with Crippen LogP contribution in [-0.4, -0.2) is 11.1 Å². The van der Waals surface area contributed by atoms with Crippen molar-refractivity contribution in [2.75, 3.05) is 0 Å². The van der Waals surface area contributed by atoms with E-state index < -0.39 is 5.97 Å². The van der Waals surface area contributed by atoms with Crippen LogP contribution in [0.4, 0.5) is 0 Å². The summed E-state index contributed by atoms with van der Waals surface area (Å²) in [5.41, 5.74) is 1.14. The Bertz CT molecular complexity index is 363. The summed E-state index contributed by atoms with van der Waals surface area (Å²) >= 11 is 0. The van der Waals surface area contributed by atoms with Gasteiger partial charge in [0, 0.05) is 0 Å². The molecule has 1 rings (SSSR count). The van der Waals surface area contributed by atoms with Crippen LogP contribution in [0.5, 0.6) is 0 Å². The number of carbonyl (C=O) groups is 1. The van der Waals surface area contributed by atoms with Gasteiger partial charge in [-0.15, -0.1) is 0 Å². The smallest absolute Gasteiger partial charge is 0.307 e. The Hall–Kier alpha value is -1.05. The third-order valence-corrected chi connectivity index (χ3v) is 4.30. The Labute approximate surface area is 117 Å². The predicted octanol–water partition coefficient (Wildman–Crippen LogP) is 4.82. The van der Waals surface area contributed by atoms with E-state index in [0.717, 1.165) is 32.1 Å². The average molecular weight is 264 g/mol. The van der Waals surface area contributed by atoms with E-state index in [0.29, 0.717) is 0 Å². The van der Waals surface area contributed by atoms with Gasteiger partial charge in [0.2, 0.25) is 0 Å². The van der Waals surface area contributed by atoms with Crippen LogP contribution in [-0.2, 0) is 4.79 Å². The highest BCUT2D eigenvalue weighted by Gasteiger charge is 2.40. The minimum absolute atomic E-state index is 0.172. The Kier molecular flexibility index (Phi) is 5.84. The highest BCUT2D eigenvalue weighted by atomic mass is 16.4. The standard InChI is InChI=1S/C17H28O2/c1-13(2)9-8-10-14(3)15(16(18)19)17(4)11-6-5-7-12-17/h6,9,11,14-15H,5,7-8,10,12H2,1-4H3,(H,18,19)/t14-,15?,17-/m1/s1. The topological polar surface area (TPSA) is 37.3 Å². The van der Waals surface area contributed by atoms with Crippen molar-refractivity contribution in [1.29, 1.82) is 0 Å². The van der Waals surface area contributed by atoms with Gasteiger partial charge >= 0.3 is 5.97 Å². The molecular formula is C17H28O2. The molecule has 19 heavy (non-hydrogen) atoms. The molecule has 0 saturated carbocycles. The molecular weight excluding hydrogens is 236 g/mol. The number of allylic oxidation sites excluding steroid dienone is 4. The zero-order chi connectivity index (χ0) is 14.5. The summed E-state index contributed by atoms with van der Waals surface area (Å²) in [6.45, 7) is 8.37. The summed E-state index contributed by atoms with van der Waals surface area (Å²) in [4.78, 5) is 11.7. The van der Waals surface area contributed by atoms with Gasteiger partial charge in [0.15, 0.2) is 0 Å². The second kappa shape index (κ2) is 6.93. The molecule has 0 aliphatic heterocycles. The van der Waals surface area contributed by atoms with Crippen molar-refractivity contribution in [2.45, 2.75) is 59.8 Å². The van der Waals surface area contributed by atoms with Gasteiger partial charge in [0.05, 0.1) is 5.92 Å². The summed E-state index contributed by atoms with van der Waals surface area (Å²) in [5.74, 6) is -0.700. The number of hydrogen-bond acceptors (Lipinski definition) is 1. The maximum Gasteiger partial charge on any atom is 0.307 e. The molecule has 108 valence electrons. The SMILES string of the molecule is CC(C)=CCC[C@@H](C)C(C(=O)O)[C@]1(C)C=CCCC1. The van der Waals surface area contributed by atoms with Gasteiger partial charge in [-0.3, -0.25) is 4.79 Å². The van der Waals surface area contributed by atoms with E-state index in [-0.39, 0.29) is 17.3 Å². The fourth-order valence-electron chi connectivity index (χ4n) is 3.27. The van der Waals surface area contributed by atoms with Crippen LogP contribution in [0, 0.1) is 17.3 Å². The molecule has 0 aromatic carbocycles. The maximum absolute atomic E-state index is 11.7. The molecule has 3 atom stereocenters. The third kappa shape index (κ3) is 4.52. The first-order valence-electron chi connectivity index (χ1n) is 7.40. The molecule has 0 amide bonds. The summed E-state index contributed by atoms with van der Waals surface area (Å²) < 4.78 is 0. The van der Waals surface area contributed by atoms with Crippen molar-refractivity contribution in [2.24, 2.45) is 17.3 Å². The molecule has 2 nitrogen and oxygen atoms in total. The van der Waals surface area contributed by atoms with Crippen molar-refractivity contribution in [1.82, 2.24) is 0 Å².